The van der Waals surface area contributed by atoms with Gasteiger partial charge in [0.1, 0.15) is 17.6 Å². The average molecular weight is 311 g/mol. The van der Waals surface area contributed by atoms with Gasteiger partial charge in [0.05, 0.1) is 4.92 Å². The summed E-state index contributed by atoms with van der Waals surface area (Å²) >= 11 is 0. The number of hydrogen-bond donors (Lipinski definition) is 1. The molecule has 1 N–H and O–H groups in total. The summed E-state index contributed by atoms with van der Waals surface area (Å²) < 4.78 is 48.7. The molecule has 0 aliphatic rings. The molecule has 1 aromatic rings. The normalized spacial score (nSPS) is 14.7. The molecule has 0 aliphatic heterocycles. The summed E-state index contributed by atoms with van der Waals surface area (Å²) in [5, 5.41) is 12.9. The molecule has 0 fully saturated rings. The lowest BCUT2D eigenvalue weighted by atomic mass is 10.2. The minimum absolute atomic E-state index is 0.0469. The van der Waals surface area contributed by atoms with Crippen LogP contribution < -0.4 is 5.32 Å². The van der Waals surface area contributed by atoms with E-state index in [-0.39, 0.29) is 17.5 Å². The van der Waals surface area contributed by atoms with Crippen molar-refractivity contribution in [3.8, 4) is 0 Å². The van der Waals surface area contributed by atoms with Crippen LogP contribution in [0.4, 0.5) is 24.5 Å². The van der Waals surface area contributed by atoms with Crippen LogP contribution >= 0.6 is 0 Å². The molecular formula is C10H12F3N3O3S. The lowest BCUT2D eigenvalue weighted by molar-refractivity contribution is -0.384. The summed E-state index contributed by atoms with van der Waals surface area (Å²) in [6.07, 6.45) is -2.70. The standard InChI is InChI=1S/C10H12F3N3O3S/c1-6(20(2)19)4-14-7-3-9(10(11,12)13)15-5-8(7)16(17)18/h3,5-6H,4H2,1-2H3,(H,14,15). The van der Waals surface area contributed by atoms with E-state index in [9.17, 15) is 27.5 Å². The highest BCUT2D eigenvalue weighted by molar-refractivity contribution is 7.84. The van der Waals surface area contributed by atoms with Gasteiger partial charge in [-0.15, -0.1) is 0 Å². The van der Waals surface area contributed by atoms with Crippen LogP contribution in [0, 0.1) is 10.1 Å². The Bertz CT molecular complexity index is 536. The number of pyridine rings is 1. The Kier molecular flexibility index (Phi) is 5.03. The van der Waals surface area contributed by atoms with Gasteiger partial charge in [-0.25, -0.2) is 4.98 Å². The third kappa shape index (κ3) is 4.15. The van der Waals surface area contributed by atoms with Crippen molar-refractivity contribution in [2.24, 2.45) is 0 Å². The highest BCUT2D eigenvalue weighted by Gasteiger charge is 2.34. The van der Waals surface area contributed by atoms with Crippen molar-refractivity contribution in [1.29, 1.82) is 0 Å². The van der Waals surface area contributed by atoms with Gasteiger partial charge >= 0.3 is 11.9 Å². The molecule has 1 aromatic heterocycles. The van der Waals surface area contributed by atoms with Gasteiger partial charge in [0.15, 0.2) is 0 Å². The quantitative estimate of drug-likeness (QED) is 0.665. The van der Waals surface area contributed by atoms with E-state index in [4.69, 9.17) is 0 Å². The SMILES string of the molecule is CC(CNc1cc(C(F)(F)F)ncc1[N+](=O)[O-])S(C)=O. The number of nitrogens with one attached hydrogen (secondary N) is 1. The number of nitro groups is 1. The van der Waals surface area contributed by atoms with Crippen LogP contribution in [0.2, 0.25) is 0 Å². The highest BCUT2D eigenvalue weighted by Crippen LogP contribution is 2.32. The van der Waals surface area contributed by atoms with E-state index < -0.39 is 33.3 Å². The number of aromatic nitrogens is 1. The smallest absolute Gasteiger partial charge is 0.378 e. The van der Waals surface area contributed by atoms with Gasteiger partial charge in [0.2, 0.25) is 0 Å². The van der Waals surface area contributed by atoms with Crippen molar-refractivity contribution in [3.63, 3.8) is 0 Å². The van der Waals surface area contributed by atoms with E-state index in [1.165, 1.54) is 6.26 Å². The lowest BCUT2D eigenvalue weighted by Gasteiger charge is -2.13. The van der Waals surface area contributed by atoms with Crippen LogP contribution in [0.5, 0.6) is 0 Å². The molecule has 2 unspecified atom stereocenters. The molecule has 0 spiro atoms. The molecule has 0 radical (unpaired) electrons. The molecule has 20 heavy (non-hydrogen) atoms. The number of alkyl halides is 3. The second kappa shape index (κ2) is 6.16. The second-order valence-electron chi connectivity index (χ2n) is 4.03. The maximum Gasteiger partial charge on any atom is 0.433 e. The molecule has 6 nitrogen and oxygen atoms in total. The lowest BCUT2D eigenvalue weighted by Crippen LogP contribution is -2.21. The minimum atomic E-state index is -4.69. The fourth-order valence-corrected chi connectivity index (χ4v) is 1.58. The van der Waals surface area contributed by atoms with Crippen molar-refractivity contribution in [2.75, 3.05) is 18.1 Å². The summed E-state index contributed by atoms with van der Waals surface area (Å²) in [5.41, 5.74) is -2.09. The maximum atomic E-state index is 12.5. The van der Waals surface area contributed by atoms with Crippen LogP contribution in [-0.4, -0.2) is 32.2 Å². The fraction of sp³-hybridized carbons (Fsp3) is 0.500. The zero-order valence-corrected chi connectivity index (χ0v) is 11.4. The molecule has 0 amide bonds. The first-order valence-corrected chi connectivity index (χ1v) is 7.02. The first kappa shape index (κ1) is 16.3. The summed E-state index contributed by atoms with van der Waals surface area (Å²) in [6.45, 7) is 1.66. The predicted molar refractivity (Wildman–Crippen MR) is 67.9 cm³/mol. The summed E-state index contributed by atoms with van der Waals surface area (Å²) in [5.74, 6) is 0. The van der Waals surface area contributed by atoms with Crippen molar-refractivity contribution in [1.82, 2.24) is 4.98 Å². The first-order valence-electron chi connectivity index (χ1n) is 5.40. The zero-order valence-electron chi connectivity index (χ0n) is 10.6. The van der Waals surface area contributed by atoms with Gasteiger partial charge in [-0.05, 0) is 13.0 Å². The monoisotopic (exact) mass is 311 g/mol. The molecule has 1 heterocycles. The average Bonchev–Trinajstić information content (AvgIpc) is 2.34. The number of rotatable bonds is 5. The highest BCUT2D eigenvalue weighted by atomic mass is 32.2. The van der Waals surface area contributed by atoms with Gasteiger partial charge in [-0.3, -0.25) is 14.3 Å². The van der Waals surface area contributed by atoms with Crippen molar-refractivity contribution < 1.29 is 22.3 Å². The number of halogens is 3. The van der Waals surface area contributed by atoms with Crippen LogP contribution in [0.25, 0.3) is 0 Å². The Hall–Kier alpha value is -1.71. The first-order chi connectivity index (χ1) is 9.12. The molecular weight excluding hydrogens is 299 g/mol. The van der Waals surface area contributed by atoms with Gasteiger partial charge in [0, 0.05) is 28.9 Å². The topological polar surface area (TPSA) is 85.1 Å². The summed E-state index contributed by atoms with van der Waals surface area (Å²) in [7, 11) is -1.19. The fourth-order valence-electron chi connectivity index (χ4n) is 1.26. The predicted octanol–water partition coefficient (Wildman–Crippen LogP) is 2.19. The summed E-state index contributed by atoms with van der Waals surface area (Å²) in [6, 6.07) is 0.573. The minimum Gasteiger partial charge on any atom is -0.378 e. The number of anilines is 1. The Labute approximate surface area is 115 Å². The van der Waals surface area contributed by atoms with E-state index in [2.05, 4.69) is 10.3 Å². The third-order valence-electron chi connectivity index (χ3n) is 2.52. The molecule has 1 rings (SSSR count). The van der Waals surface area contributed by atoms with Gasteiger partial charge in [-0.2, -0.15) is 13.2 Å². The molecule has 112 valence electrons. The Morgan fingerprint density at radius 1 is 1.55 bits per heavy atom. The Balaban J connectivity index is 3.07. The summed E-state index contributed by atoms with van der Waals surface area (Å²) in [4.78, 5) is 12.9. The Morgan fingerprint density at radius 3 is 2.60 bits per heavy atom. The van der Waals surface area contributed by atoms with E-state index in [1.54, 1.807) is 6.92 Å². The van der Waals surface area contributed by atoms with Crippen LogP contribution in [0.15, 0.2) is 12.3 Å². The molecule has 2 atom stereocenters. The van der Waals surface area contributed by atoms with Crippen molar-refractivity contribution in [2.45, 2.75) is 18.3 Å². The second-order valence-corrected chi connectivity index (χ2v) is 5.83. The number of nitrogens with zero attached hydrogens (tertiary/aromatic N) is 2. The molecule has 0 aliphatic carbocycles. The van der Waals surface area contributed by atoms with Gasteiger partial charge < -0.3 is 5.32 Å². The number of hydrogen-bond acceptors (Lipinski definition) is 5. The molecule has 0 saturated heterocycles. The van der Waals surface area contributed by atoms with Gasteiger partial charge in [-0.1, -0.05) is 0 Å². The van der Waals surface area contributed by atoms with E-state index in [0.29, 0.717) is 12.3 Å². The molecule has 0 saturated carbocycles. The van der Waals surface area contributed by atoms with Crippen LogP contribution in [0.3, 0.4) is 0 Å². The van der Waals surface area contributed by atoms with Crippen molar-refractivity contribution >= 4 is 22.2 Å². The van der Waals surface area contributed by atoms with Gasteiger partial charge in [0.25, 0.3) is 0 Å². The van der Waals surface area contributed by atoms with Crippen LogP contribution in [-0.2, 0) is 17.0 Å². The molecule has 0 aromatic carbocycles. The van der Waals surface area contributed by atoms with Crippen molar-refractivity contribution in [3.05, 3.63) is 28.1 Å². The zero-order chi connectivity index (χ0) is 15.5. The third-order valence-corrected chi connectivity index (χ3v) is 3.82. The van der Waals surface area contributed by atoms with Crippen LogP contribution in [0.1, 0.15) is 12.6 Å². The van der Waals surface area contributed by atoms with E-state index >= 15 is 0 Å². The molecule has 0 bridgehead atoms. The largest absolute Gasteiger partial charge is 0.433 e. The Morgan fingerprint density at radius 2 is 2.15 bits per heavy atom. The molecule has 10 heteroatoms. The van der Waals surface area contributed by atoms with E-state index in [1.807, 2.05) is 0 Å². The maximum absolute atomic E-state index is 12.5. The van der Waals surface area contributed by atoms with E-state index in [0.717, 1.165) is 0 Å².